The van der Waals surface area contributed by atoms with Gasteiger partial charge in [-0.1, -0.05) is 24.3 Å². The molecule has 2 aliphatic rings. The maximum absolute atomic E-state index is 11.5. The molecule has 68 valence electrons. The summed E-state index contributed by atoms with van der Waals surface area (Å²) in [5.74, 6) is -0.333. The van der Waals surface area contributed by atoms with E-state index < -0.39 is 5.41 Å². The minimum absolute atomic E-state index is 0.0266. The Morgan fingerprint density at radius 2 is 2.23 bits per heavy atom. The van der Waals surface area contributed by atoms with Crippen LogP contribution in [0.4, 0.5) is 0 Å². The largest absolute Gasteiger partial charge is 0.296 e. The summed E-state index contributed by atoms with van der Waals surface area (Å²) in [6.07, 6.45) is 7.93. The fraction of sp³-hybridized carbons (Fsp3) is 0.400. The van der Waals surface area contributed by atoms with E-state index in [-0.39, 0.29) is 17.7 Å². The molecule has 0 bridgehead atoms. The zero-order valence-electron chi connectivity index (χ0n) is 7.41. The maximum Gasteiger partial charge on any atom is 0.236 e. The van der Waals surface area contributed by atoms with E-state index in [1.54, 1.807) is 0 Å². The highest BCUT2D eigenvalue weighted by Crippen LogP contribution is 2.37. The van der Waals surface area contributed by atoms with Crippen LogP contribution in [0.2, 0.25) is 0 Å². The lowest BCUT2D eigenvalue weighted by Crippen LogP contribution is -2.51. The molecular formula is C10H11NO2. The van der Waals surface area contributed by atoms with Crippen LogP contribution in [-0.4, -0.2) is 11.8 Å². The van der Waals surface area contributed by atoms with Gasteiger partial charge in [0.15, 0.2) is 0 Å². The molecule has 1 aliphatic carbocycles. The molecule has 1 aliphatic heterocycles. The second-order valence-corrected chi connectivity index (χ2v) is 3.71. The molecule has 2 unspecified atom stereocenters. The van der Waals surface area contributed by atoms with Gasteiger partial charge in [-0.3, -0.25) is 14.9 Å². The first kappa shape index (κ1) is 8.23. The van der Waals surface area contributed by atoms with Crippen molar-refractivity contribution in [2.24, 2.45) is 11.3 Å². The Labute approximate surface area is 76.5 Å². The molecule has 1 N–H and O–H groups in total. The maximum atomic E-state index is 11.5. The van der Waals surface area contributed by atoms with E-state index in [1.165, 1.54) is 0 Å². The van der Waals surface area contributed by atoms with Crippen LogP contribution in [-0.2, 0) is 9.59 Å². The average molecular weight is 177 g/mol. The smallest absolute Gasteiger partial charge is 0.236 e. The second-order valence-electron chi connectivity index (χ2n) is 3.71. The molecule has 2 rings (SSSR count). The van der Waals surface area contributed by atoms with Gasteiger partial charge < -0.3 is 0 Å². The van der Waals surface area contributed by atoms with Crippen LogP contribution in [0.15, 0.2) is 24.3 Å². The molecule has 3 nitrogen and oxygen atoms in total. The minimum Gasteiger partial charge on any atom is -0.296 e. The molecule has 0 aromatic carbocycles. The SMILES string of the molecule is CC12C=CC=CC1CC(=O)NC2=O. The van der Waals surface area contributed by atoms with Crippen molar-refractivity contribution in [3.63, 3.8) is 0 Å². The lowest BCUT2D eigenvalue weighted by molar-refractivity contribution is -0.141. The number of amides is 2. The number of piperidine rings is 1. The van der Waals surface area contributed by atoms with Gasteiger partial charge in [-0.15, -0.1) is 0 Å². The standard InChI is InChI=1S/C10H11NO2/c1-10-5-3-2-4-7(10)6-8(12)11-9(10)13/h2-5,7H,6H2,1H3,(H,11,12,13). The van der Waals surface area contributed by atoms with E-state index in [2.05, 4.69) is 5.32 Å². The molecule has 13 heavy (non-hydrogen) atoms. The summed E-state index contributed by atoms with van der Waals surface area (Å²) in [6, 6.07) is 0. The van der Waals surface area contributed by atoms with E-state index in [0.717, 1.165) is 0 Å². The molecule has 0 aromatic rings. The Morgan fingerprint density at radius 3 is 3.00 bits per heavy atom. The van der Waals surface area contributed by atoms with Crippen molar-refractivity contribution < 1.29 is 9.59 Å². The summed E-state index contributed by atoms with van der Waals surface area (Å²) in [4.78, 5) is 22.6. The Bertz CT molecular complexity index is 330. The number of nitrogens with one attached hydrogen (secondary N) is 1. The number of rotatable bonds is 0. The molecular weight excluding hydrogens is 166 g/mol. The lowest BCUT2D eigenvalue weighted by Gasteiger charge is -2.36. The van der Waals surface area contributed by atoms with Gasteiger partial charge in [0.25, 0.3) is 0 Å². The number of imide groups is 1. The van der Waals surface area contributed by atoms with E-state index in [4.69, 9.17) is 0 Å². The lowest BCUT2D eigenvalue weighted by atomic mass is 9.70. The molecule has 0 spiro atoms. The van der Waals surface area contributed by atoms with E-state index in [9.17, 15) is 9.59 Å². The molecule has 1 saturated heterocycles. The van der Waals surface area contributed by atoms with Crippen molar-refractivity contribution in [3.8, 4) is 0 Å². The second kappa shape index (κ2) is 2.55. The number of hydrogen-bond acceptors (Lipinski definition) is 2. The molecule has 2 amide bonds. The van der Waals surface area contributed by atoms with E-state index in [0.29, 0.717) is 6.42 Å². The molecule has 0 radical (unpaired) electrons. The minimum atomic E-state index is -0.525. The first-order valence-corrected chi connectivity index (χ1v) is 4.33. The van der Waals surface area contributed by atoms with Gasteiger partial charge >= 0.3 is 0 Å². The zero-order chi connectivity index (χ0) is 9.47. The number of fused-ring (bicyclic) bond motifs is 1. The fourth-order valence-electron chi connectivity index (χ4n) is 1.81. The number of carbonyl (C=O) groups excluding carboxylic acids is 2. The summed E-state index contributed by atoms with van der Waals surface area (Å²) < 4.78 is 0. The Hall–Kier alpha value is -1.38. The Morgan fingerprint density at radius 1 is 1.46 bits per heavy atom. The van der Waals surface area contributed by atoms with Crippen molar-refractivity contribution in [1.29, 1.82) is 0 Å². The molecule has 3 heteroatoms. The topological polar surface area (TPSA) is 46.2 Å². The first-order valence-electron chi connectivity index (χ1n) is 4.33. The molecule has 1 heterocycles. The van der Waals surface area contributed by atoms with Crippen molar-refractivity contribution in [3.05, 3.63) is 24.3 Å². The predicted molar refractivity (Wildman–Crippen MR) is 47.6 cm³/mol. The average Bonchev–Trinajstić information content (AvgIpc) is 2.07. The van der Waals surface area contributed by atoms with Crippen LogP contribution in [0.5, 0.6) is 0 Å². The number of carbonyl (C=O) groups is 2. The summed E-state index contributed by atoms with van der Waals surface area (Å²) in [7, 11) is 0. The van der Waals surface area contributed by atoms with Gasteiger partial charge in [-0.2, -0.15) is 0 Å². The van der Waals surface area contributed by atoms with Gasteiger partial charge in [0.2, 0.25) is 11.8 Å². The third-order valence-electron chi connectivity index (χ3n) is 2.81. The molecule has 0 saturated carbocycles. The van der Waals surface area contributed by atoms with Crippen LogP contribution in [0, 0.1) is 11.3 Å². The normalized spacial score (nSPS) is 37.2. The van der Waals surface area contributed by atoms with Crippen molar-refractivity contribution >= 4 is 11.8 Å². The third-order valence-corrected chi connectivity index (χ3v) is 2.81. The van der Waals surface area contributed by atoms with Crippen molar-refractivity contribution in [2.75, 3.05) is 0 Å². The van der Waals surface area contributed by atoms with Crippen LogP contribution in [0.1, 0.15) is 13.3 Å². The third kappa shape index (κ3) is 1.11. The van der Waals surface area contributed by atoms with Gasteiger partial charge in [0, 0.05) is 12.3 Å². The summed E-state index contributed by atoms with van der Waals surface area (Å²) in [5, 5.41) is 2.36. The van der Waals surface area contributed by atoms with E-state index >= 15 is 0 Å². The Kier molecular flexibility index (Phi) is 1.62. The fourth-order valence-corrected chi connectivity index (χ4v) is 1.81. The number of hydrogen-bond donors (Lipinski definition) is 1. The Balaban J connectivity index is 2.38. The van der Waals surface area contributed by atoms with Gasteiger partial charge in [-0.05, 0) is 6.92 Å². The molecule has 2 atom stereocenters. The summed E-state index contributed by atoms with van der Waals surface area (Å²) in [5.41, 5.74) is -0.525. The zero-order valence-corrected chi connectivity index (χ0v) is 7.41. The van der Waals surface area contributed by atoms with Gasteiger partial charge in [0.1, 0.15) is 0 Å². The monoisotopic (exact) mass is 177 g/mol. The van der Waals surface area contributed by atoms with Crippen molar-refractivity contribution in [2.45, 2.75) is 13.3 Å². The number of allylic oxidation sites excluding steroid dienone is 3. The van der Waals surface area contributed by atoms with Gasteiger partial charge in [0.05, 0.1) is 5.41 Å². The van der Waals surface area contributed by atoms with E-state index in [1.807, 2.05) is 31.2 Å². The van der Waals surface area contributed by atoms with Crippen molar-refractivity contribution in [1.82, 2.24) is 5.32 Å². The summed E-state index contributed by atoms with van der Waals surface area (Å²) in [6.45, 7) is 1.86. The quantitative estimate of drug-likeness (QED) is 0.556. The first-order chi connectivity index (χ1) is 6.13. The van der Waals surface area contributed by atoms with Crippen LogP contribution in [0.3, 0.4) is 0 Å². The van der Waals surface area contributed by atoms with Gasteiger partial charge in [-0.25, -0.2) is 0 Å². The highest BCUT2D eigenvalue weighted by molar-refractivity contribution is 6.02. The molecule has 1 fully saturated rings. The molecule has 0 aromatic heterocycles. The van der Waals surface area contributed by atoms with Crippen LogP contribution < -0.4 is 5.32 Å². The van der Waals surface area contributed by atoms with Crippen LogP contribution in [0.25, 0.3) is 0 Å². The summed E-state index contributed by atoms with van der Waals surface area (Å²) >= 11 is 0. The highest BCUT2D eigenvalue weighted by atomic mass is 16.2. The predicted octanol–water partition coefficient (Wildman–Crippen LogP) is 0.781. The van der Waals surface area contributed by atoms with Crippen LogP contribution >= 0.6 is 0 Å². The highest BCUT2D eigenvalue weighted by Gasteiger charge is 2.44.